The van der Waals surface area contributed by atoms with Crippen LogP contribution in [0.1, 0.15) is 28.7 Å². The molecular weight excluding hydrogens is 458 g/mol. The Morgan fingerprint density at radius 3 is 2.47 bits per heavy atom. The minimum atomic E-state index is -0.476. The zero-order valence-corrected chi connectivity index (χ0v) is 20.4. The van der Waals surface area contributed by atoms with E-state index >= 15 is 0 Å². The Bertz CT molecular complexity index is 1320. The van der Waals surface area contributed by atoms with Gasteiger partial charge in [-0.15, -0.1) is 0 Å². The number of esters is 1. The lowest BCUT2D eigenvalue weighted by Crippen LogP contribution is -2.26. The molecule has 0 unspecified atom stereocenters. The summed E-state index contributed by atoms with van der Waals surface area (Å²) in [6, 6.07) is 18.4. The molecule has 184 valence electrons. The summed E-state index contributed by atoms with van der Waals surface area (Å²) < 4.78 is 12.4. The Labute approximate surface area is 209 Å². The smallest absolute Gasteiger partial charge is 0.344 e. The molecule has 3 heterocycles. The molecule has 4 aromatic rings. The third-order valence-electron chi connectivity index (χ3n) is 5.49. The average Bonchev–Trinajstić information content (AvgIpc) is 3.36. The molecule has 1 aromatic carbocycles. The monoisotopic (exact) mass is 485 g/mol. The second-order valence-corrected chi connectivity index (χ2v) is 8.12. The van der Waals surface area contributed by atoms with Crippen molar-refractivity contribution < 1.29 is 19.1 Å². The third kappa shape index (κ3) is 5.93. The lowest BCUT2D eigenvalue weighted by atomic mass is 10.2. The van der Waals surface area contributed by atoms with E-state index in [9.17, 15) is 9.59 Å². The van der Waals surface area contributed by atoms with Crippen LogP contribution in [0.2, 0.25) is 0 Å². The van der Waals surface area contributed by atoms with Crippen LogP contribution in [0.5, 0.6) is 5.75 Å². The minimum Gasteiger partial charge on any atom is -0.480 e. The number of nitrogens with zero attached hydrogens (tertiary/aromatic N) is 5. The fourth-order valence-corrected chi connectivity index (χ4v) is 3.33. The number of aromatic nitrogens is 4. The summed E-state index contributed by atoms with van der Waals surface area (Å²) in [6.45, 7) is 4.31. The first-order valence-corrected chi connectivity index (χ1v) is 11.5. The Morgan fingerprint density at radius 2 is 1.81 bits per heavy atom. The van der Waals surface area contributed by atoms with Crippen molar-refractivity contribution in [1.29, 1.82) is 0 Å². The quantitative estimate of drug-likeness (QED) is 0.332. The van der Waals surface area contributed by atoms with Gasteiger partial charge in [-0.05, 0) is 49.7 Å². The maximum Gasteiger partial charge on any atom is 0.344 e. The van der Waals surface area contributed by atoms with Crippen molar-refractivity contribution in [2.45, 2.75) is 20.5 Å². The molecule has 9 nitrogen and oxygen atoms in total. The number of carbonyl (C=O) groups is 2. The van der Waals surface area contributed by atoms with Gasteiger partial charge in [-0.2, -0.15) is 5.10 Å². The van der Waals surface area contributed by atoms with Crippen molar-refractivity contribution in [3.05, 3.63) is 90.0 Å². The summed E-state index contributed by atoms with van der Waals surface area (Å²) in [5.74, 6) is -0.247. The first-order valence-electron chi connectivity index (χ1n) is 11.5. The van der Waals surface area contributed by atoms with Gasteiger partial charge in [-0.25, -0.2) is 9.48 Å². The van der Waals surface area contributed by atoms with E-state index in [0.717, 1.165) is 11.3 Å². The van der Waals surface area contributed by atoms with Gasteiger partial charge in [-0.1, -0.05) is 30.3 Å². The van der Waals surface area contributed by atoms with E-state index in [2.05, 4.69) is 15.1 Å². The average molecular weight is 486 g/mol. The van der Waals surface area contributed by atoms with Crippen LogP contribution in [-0.4, -0.2) is 56.7 Å². The second kappa shape index (κ2) is 11.3. The van der Waals surface area contributed by atoms with Gasteiger partial charge in [0.15, 0.2) is 12.3 Å². The zero-order valence-electron chi connectivity index (χ0n) is 20.4. The van der Waals surface area contributed by atoms with E-state index in [-0.39, 0.29) is 19.1 Å². The van der Waals surface area contributed by atoms with E-state index in [1.54, 1.807) is 41.0 Å². The highest BCUT2D eigenvalue weighted by Crippen LogP contribution is 2.24. The highest BCUT2D eigenvalue weighted by molar-refractivity contribution is 5.93. The predicted octanol–water partition coefficient (Wildman–Crippen LogP) is 3.85. The van der Waals surface area contributed by atoms with E-state index in [4.69, 9.17) is 9.47 Å². The topological polar surface area (TPSA) is 99.4 Å². The molecule has 4 rings (SSSR count). The van der Waals surface area contributed by atoms with Crippen LogP contribution in [0.15, 0.2) is 73.1 Å². The number of hydrogen-bond donors (Lipinski definition) is 0. The summed E-state index contributed by atoms with van der Waals surface area (Å²) in [4.78, 5) is 35.2. The molecular formula is C27H27N5O4. The summed E-state index contributed by atoms with van der Waals surface area (Å²) in [7, 11) is 1.73. The molecule has 0 spiro atoms. The molecule has 0 bridgehead atoms. The molecule has 0 fully saturated rings. The van der Waals surface area contributed by atoms with Gasteiger partial charge in [-0.3, -0.25) is 14.8 Å². The fourth-order valence-electron chi connectivity index (χ4n) is 3.33. The van der Waals surface area contributed by atoms with Crippen molar-refractivity contribution >= 4 is 11.9 Å². The highest BCUT2D eigenvalue weighted by Gasteiger charge is 2.20. The Morgan fingerprint density at radius 1 is 1.00 bits per heavy atom. The van der Waals surface area contributed by atoms with Crippen LogP contribution in [0.4, 0.5) is 0 Å². The van der Waals surface area contributed by atoms with Gasteiger partial charge < -0.3 is 14.4 Å². The standard InChI is InChI=1S/C27H27N5O4/c1-4-31(3)27(34)24-14-25(32(30-24)21-11-10-19(2)28-15-21)23-13-12-22(16-29-23)35-18-26(33)36-17-20-8-6-5-7-9-20/h5-16H,4,17-18H2,1-3H3. The predicted molar refractivity (Wildman–Crippen MR) is 134 cm³/mol. The van der Waals surface area contributed by atoms with Crippen molar-refractivity contribution in [3.8, 4) is 22.8 Å². The molecule has 0 aliphatic carbocycles. The van der Waals surface area contributed by atoms with Gasteiger partial charge in [0.05, 0.1) is 29.5 Å². The van der Waals surface area contributed by atoms with Crippen molar-refractivity contribution in [1.82, 2.24) is 24.6 Å². The molecule has 36 heavy (non-hydrogen) atoms. The Hall–Kier alpha value is -4.53. The van der Waals surface area contributed by atoms with Gasteiger partial charge >= 0.3 is 5.97 Å². The first kappa shape index (κ1) is 24.6. The van der Waals surface area contributed by atoms with Crippen LogP contribution in [-0.2, 0) is 16.1 Å². The summed E-state index contributed by atoms with van der Waals surface area (Å²) in [5.41, 5.74) is 3.99. The number of rotatable bonds is 9. The zero-order chi connectivity index (χ0) is 25.5. The van der Waals surface area contributed by atoms with Crippen LogP contribution < -0.4 is 4.74 Å². The molecule has 0 saturated carbocycles. The summed E-state index contributed by atoms with van der Waals surface area (Å²) in [5, 5.41) is 4.54. The van der Waals surface area contributed by atoms with E-state index in [0.29, 0.717) is 35.1 Å². The number of amides is 1. The molecule has 0 aliphatic heterocycles. The highest BCUT2D eigenvalue weighted by atomic mass is 16.6. The number of pyridine rings is 2. The largest absolute Gasteiger partial charge is 0.480 e. The molecule has 1 amide bonds. The van der Waals surface area contributed by atoms with Crippen LogP contribution in [0.25, 0.3) is 17.1 Å². The van der Waals surface area contributed by atoms with E-state index in [1.165, 1.54) is 6.20 Å². The van der Waals surface area contributed by atoms with Crippen LogP contribution in [0, 0.1) is 6.92 Å². The molecule has 0 radical (unpaired) electrons. The number of carbonyl (C=O) groups excluding carboxylic acids is 2. The number of hydrogen-bond acceptors (Lipinski definition) is 7. The normalized spacial score (nSPS) is 10.6. The molecule has 0 atom stereocenters. The van der Waals surface area contributed by atoms with Crippen LogP contribution in [0.3, 0.4) is 0 Å². The summed E-state index contributed by atoms with van der Waals surface area (Å²) in [6.07, 6.45) is 3.21. The maximum absolute atomic E-state index is 12.8. The van der Waals surface area contributed by atoms with E-state index < -0.39 is 5.97 Å². The first-order chi connectivity index (χ1) is 17.4. The third-order valence-corrected chi connectivity index (χ3v) is 5.49. The minimum absolute atomic E-state index is 0.187. The number of ether oxygens (including phenoxy) is 2. The second-order valence-electron chi connectivity index (χ2n) is 8.12. The van der Waals surface area contributed by atoms with Crippen molar-refractivity contribution in [2.75, 3.05) is 20.2 Å². The lowest BCUT2D eigenvalue weighted by molar-refractivity contribution is -0.147. The lowest BCUT2D eigenvalue weighted by Gasteiger charge is -2.11. The van der Waals surface area contributed by atoms with Crippen LogP contribution >= 0.6 is 0 Å². The fraction of sp³-hybridized carbons (Fsp3) is 0.222. The Balaban J connectivity index is 1.49. The molecule has 0 N–H and O–H groups in total. The molecule has 3 aromatic heterocycles. The van der Waals surface area contributed by atoms with Gasteiger partial charge in [0.25, 0.3) is 5.91 Å². The molecule has 0 aliphatic rings. The van der Waals surface area contributed by atoms with Gasteiger partial charge in [0.2, 0.25) is 0 Å². The van der Waals surface area contributed by atoms with Gasteiger partial charge in [0, 0.05) is 19.3 Å². The maximum atomic E-state index is 12.8. The summed E-state index contributed by atoms with van der Waals surface area (Å²) >= 11 is 0. The van der Waals surface area contributed by atoms with Crippen molar-refractivity contribution in [3.63, 3.8) is 0 Å². The SMILES string of the molecule is CCN(C)C(=O)c1cc(-c2ccc(OCC(=O)OCc3ccccc3)cn2)n(-c2ccc(C)nc2)n1. The van der Waals surface area contributed by atoms with E-state index in [1.807, 2.05) is 56.3 Å². The Kier molecular flexibility index (Phi) is 7.69. The molecule has 9 heteroatoms. The number of benzene rings is 1. The number of aryl methyl sites for hydroxylation is 1. The van der Waals surface area contributed by atoms with Gasteiger partial charge in [0.1, 0.15) is 12.4 Å². The molecule has 0 saturated heterocycles. The van der Waals surface area contributed by atoms with Crippen molar-refractivity contribution in [2.24, 2.45) is 0 Å².